The van der Waals surface area contributed by atoms with Gasteiger partial charge in [-0.15, -0.1) is 0 Å². The van der Waals surface area contributed by atoms with E-state index in [9.17, 15) is 9.59 Å². The van der Waals surface area contributed by atoms with E-state index in [4.69, 9.17) is 9.47 Å². The molecule has 1 aromatic rings. The maximum absolute atomic E-state index is 12.0. The summed E-state index contributed by atoms with van der Waals surface area (Å²) in [4.78, 5) is 24.6. The number of rotatable bonds is 3. The first-order valence-electron chi connectivity index (χ1n) is 7.55. The molecule has 1 unspecified atom stereocenters. The van der Waals surface area contributed by atoms with Gasteiger partial charge in [0, 0.05) is 12.6 Å². The number of nitrogens with one attached hydrogen (secondary N) is 1. The van der Waals surface area contributed by atoms with Gasteiger partial charge in [0.05, 0.1) is 26.3 Å². The minimum atomic E-state index is -0.361. The number of nitrogens with zero attached hydrogens (tertiary/aromatic N) is 1. The zero-order valence-electron chi connectivity index (χ0n) is 12.6. The first kappa shape index (κ1) is 14.8. The smallest absolute Gasteiger partial charge is 0.414 e. The quantitative estimate of drug-likeness (QED) is 0.913. The van der Waals surface area contributed by atoms with Crippen molar-refractivity contribution in [2.24, 2.45) is 0 Å². The van der Waals surface area contributed by atoms with Gasteiger partial charge >= 0.3 is 6.09 Å². The number of fused-ring (bicyclic) bond motifs is 1. The standard InChI is InChI=1S/C16H20N2O4/c1-11(19)17-9-15-10-18(16(20)22-15)14-3-2-12-4-6-21-7-5-13(12)8-14/h2-3,8,15H,4-7,9-10H2,1H3,(H,17,19). The van der Waals surface area contributed by atoms with Crippen LogP contribution in [0.1, 0.15) is 18.1 Å². The number of benzene rings is 1. The van der Waals surface area contributed by atoms with Crippen molar-refractivity contribution in [2.45, 2.75) is 25.9 Å². The molecule has 22 heavy (non-hydrogen) atoms. The first-order chi connectivity index (χ1) is 10.6. The number of cyclic esters (lactones) is 1. The molecule has 1 atom stereocenters. The highest BCUT2D eigenvalue weighted by Gasteiger charge is 2.32. The minimum Gasteiger partial charge on any atom is -0.442 e. The Morgan fingerprint density at radius 2 is 2.09 bits per heavy atom. The third-order valence-corrected chi connectivity index (χ3v) is 3.99. The van der Waals surface area contributed by atoms with Crippen molar-refractivity contribution in [3.8, 4) is 0 Å². The van der Waals surface area contributed by atoms with E-state index >= 15 is 0 Å². The van der Waals surface area contributed by atoms with Gasteiger partial charge in [-0.2, -0.15) is 0 Å². The van der Waals surface area contributed by atoms with Crippen LogP contribution in [-0.2, 0) is 27.1 Å². The van der Waals surface area contributed by atoms with Crippen molar-refractivity contribution in [3.63, 3.8) is 0 Å². The van der Waals surface area contributed by atoms with E-state index in [2.05, 4.69) is 11.4 Å². The van der Waals surface area contributed by atoms with Gasteiger partial charge in [0.25, 0.3) is 0 Å². The van der Waals surface area contributed by atoms with Crippen LogP contribution in [0.25, 0.3) is 0 Å². The van der Waals surface area contributed by atoms with Gasteiger partial charge in [-0.25, -0.2) is 4.79 Å². The summed E-state index contributed by atoms with van der Waals surface area (Å²) in [6.45, 7) is 3.71. The highest BCUT2D eigenvalue weighted by atomic mass is 16.6. The van der Waals surface area contributed by atoms with Crippen molar-refractivity contribution >= 4 is 17.7 Å². The zero-order valence-corrected chi connectivity index (χ0v) is 12.6. The van der Waals surface area contributed by atoms with Crippen molar-refractivity contribution in [2.75, 3.05) is 31.2 Å². The lowest BCUT2D eigenvalue weighted by atomic mass is 10.0. The van der Waals surface area contributed by atoms with Crippen LogP contribution in [0.4, 0.5) is 10.5 Å². The van der Waals surface area contributed by atoms with Crippen LogP contribution >= 0.6 is 0 Å². The molecule has 118 valence electrons. The molecule has 0 bridgehead atoms. The lowest BCUT2D eigenvalue weighted by molar-refractivity contribution is -0.119. The second-order valence-corrected chi connectivity index (χ2v) is 5.62. The molecule has 0 saturated carbocycles. The van der Waals surface area contributed by atoms with E-state index in [1.54, 1.807) is 4.90 Å². The predicted octanol–water partition coefficient (Wildman–Crippen LogP) is 1.26. The van der Waals surface area contributed by atoms with E-state index in [0.717, 1.165) is 25.1 Å². The average molecular weight is 304 g/mol. The van der Waals surface area contributed by atoms with E-state index in [-0.39, 0.29) is 18.1 Å². The van der Waals surface area contributed by atoms with Gasteiger partial charge in [-0.05, 0) is 36.1 Å². The molecule has 0 aliphatic carbocycles. The van der Waals surface area contributed by atoms with Gasteiger partial charge in [0.1, 0.15) is 6.10 Å². The van der Waals surface area contributed by atoms with Gasteiger partial charge in [-0.1, -0.05) is 6.07 Å². The van der Waals surface area contributed by atoms with Gasteiger partial charge in [0.2, 0.25) is 5.91 Å². The molecule has 6 nitrogen and oxygen atoms in total. The normalized spacial score (nSPS) is 21.0. The molecule has 0 radical (unpaired) electrons. The van der Waals surface area contributed by atoms with Crippen molar-refractivity contribution in [3.05, 3.63) is 29.3 Å². The highest BCUT2D eigenvalue weighted by Crippen LogP contribution is 2.26. The zero-order chi connectivity index (χ0) is 15.5. The Kier molecular flexibility index (Phi) is 4.29. The Hall–Kier alpha value is -2.08. The predicted molar refractivity (Wildman–Crippen MR) is 81.0 cm³/mol. The first-order valence-corrected chi connectivity index (χ1v) is 7.55. The van der Waals surface area contributed by atoms with Crippen molar-refractivity contribution in [1.29, 1.82) is 0 Å². The number of anilines is 1. The van der Waals surface area contributed by atoms with Gasteiger partial charge in [-0.3, -0.25) is 9.69 Å². The fraction of sp³-hybridized carbons (Fsp3) is 0.500. The van der Waals surface area contributed by atoms with Crippen molar-refractivity contribution < 1.29 is 19.1 Å². The summed E-state index contributed by atoms with van der Waals surface area (Å²) in [5, 5.41) is 2.68. The minimum absolute atomic E-state index is 0.125. The summed E-state index contributed by atoms with van der Waals surface area (Å²) >= 11 is 0. The number of carbonyl (C=O) groups is 2. The van der Waals surface area contributed by atoms with E-state index in [1.165, 1.54) is 18.1 Å². The third kappa shape index (κ3) is 3.22. The van der Waals surface area contributed by atoms with Crippen LogP contribution in [0.5, 0.6) is 0 Å². The lowest BCUT2D eigenvalue weighted by Gasteiger charge is -2.15. The number of ether oxygens (including phenoxy) is 2. The second-order valence-electron chi connectivity index (χ2n) is 5.62. The Morgan fingerprint density at radius 1 is 1.32 bits per heavy atom. The van der Waals surface area contributed by atoms with Crippen LogP contribution in [-0.4, -0.2) is 44.4 Å². The Morgan fingerprint density at radius 3 is 2.86 bits per heavy atom. The monoisotopic (exact) mass is 304 g/mol. The molecule has 3 rings (SSSR count). The van der Waals surface area contributed by atoms with E-state index < -0.39 is 0 Å². The molecule has 1 N–H and O–H groups in total. The fourth-order valence-corrected chi connectivity index (χ4v) is 2.82. The molecular formula is C16H20N2O4. The molecule has 0 aromatic heterocycles. The largest absolute Gasteiger partial charge is 0.442 e. The molecule has 2 aliphatic rings. The third-order valence-electron chi connectivity index (χ3n) is 3.99. The molecule has 6 heteroatoms. The summed E-state index contributed by atoms with van der Waals surface area (Å²) in [5.74, 6) is -0.125. The summed E-state index contributed by atoms with van der Waals surface area (Å²) in [5.41, 5.74) is 3.35. The molecule has 1 aromatic carbocycles. The Balaban J connectivity index is 1.72. The maximum Gasteiger partial charge on any atom is 0.414 e. The molecule has 2 amide bonds. The number of hydrogen-bond acceptors (Lipinski definition) is 4. The van der Waals surface area contributed by atoms with E-state index in [0.29, 0.717) is 19.7 Å². The molecule has 2 heterocycles. The van der Waals surface area contributed by atoms with Crippen molar-refractivity contribution in [1.82, 2.24) is 5.32 Å². The Bertz CT molecular complexity index is 588. The number of hydrogen-bond donors (Lipinski definition) is 1. The Labute approximate surface area is 129 Å². The van der Waals surface area contributed by atoms with Crippen LogP contribution in [0.3, 0.4) is 0 Å². The van der Waals surface area contributed by atoms with Crippen LogP contribution < -0.4 is 10.2 Å². The summed E-state index contributed by atoms with van der Waals surface area (Å²) in [7, 11) is 0. The topological polar surface area (TPSA) is 67.9 Å². The second kappa shape index (κ2) is 6.36. The molecule has 0 spiro atoms. The number of amides is 2. The molecular weight excluding hydrogens is 284 g/mol. The average Bonchev–Trinajstić information content (AvgIpc) is 2.71. The summed E-state index contributed by atoms with van der Waals surface area (Å²) < 4.78 is 10.8. The van der Waals surface area contributed by atoms with E-state index in [1.807, 2.05) is 12.1 Å². The number of carbonyl (C=O) groups excluding carboxylic acids is 2. The lowest BCUT2D eigenvalue weighted by Crippen LogP contribution is -2.33. The molecule has 2 aliphatic heterocycles. The molecule has 1 saturated heterocycles. The fourth-order valence-electron chi connectivity index (χ4n) is 2.82. The van der Waals surface area contributed by atoms with Crippen LogP contribution in [0.2, 0.25) is 0 Å². The summed E-state index contributed by atoms with van der Waals surface area (Å²) in [6, 6.07) is 6.06. The van der Waals surface area contributed by atoms with Gasteiger partial charge in [0.15, 0.2) is 0 Å². The van der Waals surface area contributed by atoms with Crippen LogP contribution in [0.15, 0.2) is 18.2 Å². The maximum atomic E-state index is 12.0. The summed E-state index contributed by atoms with van der Waals surface area (Å²) in [6.07, 6.45) is 1.10. The highest BCUT2D eigenvalue weighted by molar-refractivity contribution is 5.90. The SMILES string of the molecule is CC(=O)NCC1CN(c2ccc3c(c2)CCOCC3)C(=O)O1. The van der Waals surface area contributed by atoms with Gasteiger partial charge < -0.3 is 14.8 Å². The van der Waals surface area contributed by atoms with Crippen LogP contribution in [0, 0.1) is 0 Å². The molecule has 1 fully saturated rings.